The Balaban J connectivity index is 0.00000144. The summed E-state index contributed by atoms with van der Waals surface area (Å²) in [5.74, 6) is 0.0915. The van der Waals surface area contributed by atoms with E-state index in [1.165, 1.54) is 6.42 Å². The molecule has 0 aliphatic carbocycles. The molecule has 2 aliphatic rings. The van der Waals surface area contributed by atoms with Crippen LogP contribution in [0, 0.1) is 0 Å². The highest BCUT2D eigenvalue weighted by molar-refractivity contribution is 5.85. The van der Waals surface area contributed by atoms with Gasteiger partial charge in [0, 0.05) is 6.54 Å². The largest absolute Gasteiger partial charge is 0.376 e. The first-order valence-corrected chi connectivity index (χ1v) is 6.07. The van der Waals surface area contributed by atoms with Crippen molar-refractivity contribution in [2.45, 2.75) is 31.4 Å². The van der Waals surface area contributed by atoms with Crippen molar-refractivity contribution in [3.8, 4) is 0 Å². The second kappa shape index (κ2) is 7.87. The number of carbonyl (C=O) groups is 1. The van der Waals surface area contributed by atoms with Crippen LogP contribution in [0.2, 0.25) is 0 Å². The van der Waals surface area contributed by atoms with Crippen molar-refractivity contribution in [1.82, 2.24) is 10.6 Å². The van der Waals surface area contributed by atoms with E-state index in [0.717, 1.165) is 19.4 Å². The van der Waals surface area contributed by atoms with Crippen LogP contribution in [0.25, 0.3) is 0 Å². The summed E-state index contributed by atoms with van der Waals surface area (Å²) in [5.41, 5.74) is 0. The zero-order valence-electron chi connectivity index (χ0n) is 9.94. The van der Waals surface area contributed by atoms with Gasteiger partial charge in [0.15, 0.2) is 0 Å². The third-order valence-corrected chi connectivity index (χ3v) is 3.02. The van der Waals surface area contributed by atoms with Crippen molar-refractivity contribution in [1.29, 1.82) is 0 Å². The Bertz CT molecular complexity index is 229. The Hall–Kier alpha value is -0.360. The minimum Gasteiger partial charge on any atom is -0.376 e. The Morgan fingerprint density at radius 3 is 2.88 bits per heavy atom. The average Bonchev–Trinajstić information content (AvgIpc) is 2.38. The van der Waals surface area contributed by atoms with Gasteiger partial charge in [-0.15, -0.1) is 12.4 Å². The van der Waals surface area contributed by atoms with E-state index < -0.39 is 0 Å². The summed E-state index contributed by atoms with van der Waals surface area (Å²) in [6, 6.07) is -0.0155. The predicted molar refractivity (Wildman–Crippen MR) is 66.5 cm³/mol. The number of ether oxygens (including phenoxy) is 2. The van der Waals surface area contributed by atoms with E-state index in [-0.39, 0.29) is 30.5 Å². The molecule has 2 fully saturated rings. The SMILES string of the molecule is Cl.O=C(NCC1COCCO1)[C@@H]1CCCCN1. The second-order valence-electron chi connectivity index (χ2n) is 4.32. The van der Waals surface area contributed by atoms with Crippen molar-refractivity contribution in [3.63, 3.8) is 0 Å². The monoisotopic (exact) mass is 264 g/mol. The fourth-order valence-corrected chi connectivity index (χ4v) is 2.07. The lowest BCUT2D eigenvalue weighted by Crippen LogP contribution is -2.49. The minimum atomic E-state index is -0.0155. The molecule has 100 valence electrons. The number of rotatable bonds is 3. The number of amides is 1. The Morgan fingerprint density at radius 1 is 1.35 bits per heavy atom. The zero-order valence-corrected chi connectivity index (χ0v) is 10.8. The summed E-state index contributed by atoms with van der Waals surface area (Å²) in [4.78, 5) is 11.8. The molecule has 0 aromatic heterocycles. The molecule has 0 aromatic rings. The van der Waals surface area contributed by atoms with E-state index in [0.29, 0.717) is 26.4 Å². The quantitative estimate of drug-likeness (QED) is 0.758. The van der Waals surface area contributed by atoms with Gasteiger partial charge in [0.2, 0.25) is 5.91 Å². The summed E-state index contributed by atoms with van der Waals surface area (Å²) in [6.07, 6.45) is 3.26. The molecular formula is C11H21ClN2O3. The molecule has 0 bridgehead atoms. The standard InChI is InChI=1S/C11H20N2O3.ClH/c14-11(10-3-1-2-4-12-10)13-7-9-8-15-5-6-16-9;/h9-10,12H,1-8H2,(H,13,14);1H/t9?,10-;/m0./s1. The van der Waals surface area contributed by atoms with Crippen LogP contribution in [-0.2, 0) is 14.3 Å². The zero-order chi connectivity index (χ0) is 11.2. The normalized spacial score (nSPS) is 29.2. The van der Waals surface area contributed by atoms with Crippen LogP contribution in [0.4, 0.5) is 0 Å². The van der Waals surface area contributed by atoms with E-state index in [1.807, 2.05) is 0 Å². The molecule has 2 saturated heterocycles. The number of piperidine rings is 1. The summed E-state index contributed by atoms with van der Waals surface area (Å²) < 4.78 is 10.7. The van der Waals surface area contributed by atoms with Crippen LogP contribution in [0.3, 0.4) is 0 Å². The maximum atomic E-state index is 11.8. The van der Waals surface area contributed by atoms with Crippen LogP contribution in [-0.4, -0.2) is 51.0 Å². The van der Waals surface area contributed by atoms with Crippen LogP contribution >= 0.6 is 12.4 Å². The second-order valence-corrected chi connectivity index (χ2v) is 4.32. The highest BCUT2D eigenvalue weighted by atomic mass is 35.5. The van der Waals surface area contributed by atoms with Crippen LogP contribution < -0.4 is 10.6 Å². The number of halogens is 1. The van der Waals surface area contributed by atoms with Gasteiger partial charge in [-0.1, -0.05) is 6.42 Å². The fourth-order valence-electron chi connectivity index (χ4n) is 2.07. The minimum absolute atomic E-state index is 0. The van der Waals surface area contributed by atoms with Gasteiger partial charge in [-0.25, -0.2) is 0 Å². The predicted octanol–water partition coefficient (Wildman–Crippen LogP) is 0.0819. The van der Waals surface area contributed by atoms with Crippen molar-refractivity contribution >= 4 is 18.3 Å². The van der Waals surface area contributed by atoms with Gasteiger partial charge < -0.3 is 20.1 Å². The van der Waals surface area contributed by atoms with E-state index in [2.05, 4.69) is 10.6 Å². The van der Waals surface area contributed by atoms with E-state index in [9.17, 15) is 4.79 Å². The van der Waals surface area contributed by atoms with Gasteiger partial charge in [0.1, 0.15) is 0 Å². The van der Waals surface area contributed by atoms with Gasteiger partial charge in [0.05, 0.1) is 32.0 Å². The van der Waals surface area contributed by atoms with Crippen molar-refractivity contribution in [2.24, 2.45) is 0 Å². The first-order chi connectivity index (χ1) is 7.86. The molecule has 5 nitrogen and oxygen atoms in total. The highest BCUT2D eigenvalue weighted by Crippen LogP contribution is 2.07. The average molecular weight is 265 g/mol. The molecule has 2 aliphatic heterocycles. The molecule has 2 rings (SSSR count). The van der Waals surface area contributed by atoms with E-state index in [4.69, 9.17) is 9.47 Å². The lowest BCUT2D eigenvalue weighted by atomic mass is 10.0. The maximum absolute atomic E-state index is 11.8. The number of nitrogens with one attached hydrogen (secondary N) is 2. The third-order valence-electron chi connectivity index (χ3n) is 3.02. The van der Waals surface area contributed by atoms with Crippen molar-refractivity contribution in [3.05, 3.63) is 0 Å². The van der Waals surface area contributed by atoms with Gasteiger partial charge in [0.25, 0.3) is 0 Å². The van der Waals surface area contributed by atoms with Crippen molar-refractivity contribution in [2.75, 3.05) is 32.9 Å². The molecule has 2 heterocycles. The van der Waals surface area contributed by atoms with E-state index in [1.54, 1.807) is 0 Å². The highest BCUT2D eigenvalue weighted by Gasteiger charge is 2.22. The van der Waals surface area contributed by atoms with Crippen LogP contribution in [0.5, 0.6) is 0 Å². The molecule has 0 aromatic carbocycles. The first-order valence-electron chi connectivity index (χ1n) is 6.07. The molecule has 1 unspecified atom stereocenters. The summed E-state index contributed by atoms with van der Waals surface area (Å²) in [7, 11) is 0. The number of carbonyl (C=O) groups excluding carboxylic acids is 1. The Morgan fingerprint density at radius 2 is 2.24 bits per heavy atom. The molecular weight excluding hydrogens is 244 g/mol. The third kappa shape index (κ3) is 4.79. The lowest BCUT2D eigenvalue weighted by molar-refractivity contribution is -0.126. The molecule has 0 radical (unpaired) electrons. The van der Waals surface area contributed by atoms with Crippen LogP contribution in [0.15, 0.2) is 0 Å². The molecule has 17 heavy (non-hydrogen) atoms. The number of hydrogen-bond acceptors (Lipinski definition) is 4. The molecule has 0 spiro atoms. The van der Waals surface area contributed by atoms with Crippen molar-refractivity contribution < 1.29 is 14.3 Å². The van der Waals surface area contributed by atoms with Crippen LogP contribution in [0.1, 0.15) is 19.3 Å². The Kier molecular flexibility index (Phi) is 6.80. The van der Waals surface area contributed by atoms with Gasteiger partial charge in [-0.2, -0.15) is 0 Å². The smallest absolute Gasteiger partial charge is 0.237 e. The topological polar surface area (TPSA) is 59.6 Å². The fraction of sp³-hybridized carbons (Fsp3) is 0.909. The number of hydrogen-bond donors (Lipinski definition) is 2. The molecule has 6 heteroatoms. The van der Waals surface area contributed by atoms with Gasteiger partial charge >= 0.3 is 0 Å². The lowest BCUT2D eigenvalue weighted by Gasteiger charge is -2.26. The molecule has 0 saturated carbocycles. The molecule has 1 amide bonds. The molecule has 2 N–H and O–H groups in total. The van der Waals surface area contributed by atoms with Gasteiger partial charge in [-0.3, -0.25) is 4.79 Å². The Labute approximate surface area is 108 Å². The van der Waals surface area contributed by atoms with Gasteiger partial charge in [-0.05, 0) is 19.4 Å². The van der Waals surface area contributed by atoms with E-state index >= 15 is 0 Å². The molecule has 2 atom stereocenters. The summed E-state index contributed by atoms with van der Waals surface area (Å²) in [6.45, 7) is 3.37. The summed E-state index contributed by atoms with van der Waals surface area (Å²) in [5, 5.41) is 6.14. The first kappa shape index (κ1) is 14.7. The maximum Gasteiger partial charge on any atom is 0.237 e. The summed E-state index contributed by atoms with van der Waals surface area (Å²) >= 11 is 0.